The van der Waals surface area contributed by atoms with Crippen LogP contribution in [0.25, 0.3) is 0 Å². The number of halogens is 3. The molecule has 0 aromatic rings. The largest absolute Gasteiger partial charge is 0.490 e. The lowest BCUT2D eigenvalue weighted by atomic mass is 9.79. The molecule has 1 saturated heterocycles. The molecule has 0 atom stereocenters. The number of carbonyl (C=O) groups is 1. The van der Waals surface area contributed by atoms with Crippen LogP contribution in [-0.4, -0.2) is 38.3 Å². The van der Waals surface area contributed by atoms with Gasteiger partial charge in [-0.2, -0.15) is 13.2 Å². The molecule has 150 valence electrons. The lowest BCUT2D eigenvalue weighted by Crippen LogP contribution is -2.37. The van der Waals surface area contributed by atoms with Crippen LogP contribution in [-0.2, 0) is 19.0 Å². The number of ether oxygens (including phenoxy) is 3. The molecule has 0 radical (unpaired) electrons. The van der Waals surface area contributed by atoms with E-state index in [1.165, 1.54) is 44.9 Å². The second-order valence-corrected chi connectivity index (χ2v) is 7.26. The van der Waals surface area contributed by atoms with Crippen LogP contribution >= 0.6 is 0 Å². The van der Waals surface area contributed by atoms with Crippen molar-refractivity contribution in [3.05, 3.63) is 12.2 Å². The van der Waals surface area contributed by atoms with Crippen molar-refractivity contribution < 1.29 is 32.2 Å². The summed E-state index contributed by atoms with van der Waals surface area (Å²) in [5.74, 6) is -0.664. The van der Waals surface area contributed by atoms with E-state index in [2.05, 4.69) is 23.8 Å². The Balaban J connectivity index is 1.61. The van der Waals surface area contributed by atoms with Gasteiger partial charge in [0.15, 0.2) is 6.29 Å². The van der Waals surface area contributed by atoms with E-state index < -0.39 is 25.0 Å². The molecule has 0 aromatic carbocycles. The summed E-state index contributed by atoms with van der Waals surface area (Å²) in [6.07, 6.45) is 7.35. The molecule has 2 rings (SSSR count). The molecule has 0 aromatic heterocycles. The van der Waals surface area contributed by atoms with Gasteiger partial charge in [-0.1, -0.05) is 38.3 Å². The van der Waals surface area contributed by atoms with Crippen LogP contribution in [0.2, 0.25) is 0 Å². The summed E-state index contributed by atoms with van der Waals surface area (Å²) in [7, 11) is 0. The van der Waals surface area contributed by atoms with Gasteiger partial charge in [-0.05, 0) is 37.5 Å². The highest BCUT2D eigenvalue weighted by molar-refractivity contribution is 5.75. The van der Waals surface area contributed by atoms with Gasteiger partial charge < -0.3 is 14.2 Å². The molecule has 0 N–H and O–H groups in total. The van der Waals surface area contributed by atoms with E-state index in [0.29, 0.717) is 19.1 Å². The Morgan fingerprint density at radius 3 is 2.27 bits per heavy atom. The van der Waals surface area contributed by atoms with E-state index in [4.69, 9.17) is 9.47 Å². The van der Waals surface area contributed by atoms with Crippen LogP contribution in [0.15, 0.2) is 12.2 Å². The maximum absolute atomic E-state index is 12.1. The van der Waals surface area contributed by atoms with Gasteiger partial charge in [0.05, 0.1) is 13.2 Å². The highest BCUT2D eigenvalue weighted by Crippen LogP contribution is 2.32. The van der Waals surface area contributed by atoms with Gasteiger partial charge in [0.25, 0.3) is 0 Å². The second-order valence-electron chi connectivity index (χ2n) is 7.26. The Bertz CT molecular complexity index is 448. The van der Waals surface area contributed by atoms with Gasteiger partial charge in [0, 0.05) is 5.92 Å². The number of unbranched alkanes of at least 4 members (excludes halogenated alkanes) is 1. The minimum atomic E-state index is -4.99. The summed E-state index contributed by atoms with van der Waals surface area (Å²) in [6.45, 7) is 2.40. The molecule has 7 heteroatoms. The Morgan fingerprint density at radius 1 is 1.08 bits per heavy atom. The summed E-state index contributed by atoms with van der Waals surface area (Å²) in [5, 5.41) is 0. The normalized spacial score (nSPS) is 30.5. The number of allylic oxidation sites excluding steroid dienone is 1. The predicted molar refractivity (Wildman–Crippen MR) is 90.3 cm³/mol. The van der Waals surface area contributed by atoms with Crippen LogP contribution in [0, 0.1) is 17.8 Å². The van der Waals surface area contributed by atoms with Crippen LogP contribution in [0.4, 0.5) is 13.2 Å². The van der Waals surface area contributed by atoms with Crippen LogP contribution in [0.5, 0.6) is 0 Å². The first-order valence-electron chi connectivity index (χ1n) is 9.54. The molecule has 1 saturated carbocycles. The van der Waals surface area contributed by atoms with E-state index in [1.54, 1.807) is 0 Å². The zero-order valence-corrected chi connectivity index (χ0v) is 15.3. The van der Waals surface area contributed by atoms with Crippen molar-refractivity contribution >= 4 is 5.97 Å². The van der Waals surface area contributed by atoms with Crippen molar-refractivity contribution in [3.63, 3.8) is 0 Å². The molecule has 1 heterocycles. The first-order valence-corrected chi connectivity index (χ1v) is 9.54. The number of hydrogen-bond acceptors (Lipinski definition) is 4. The zero-order chi connectivity index (χ0) is 19.0. The first-order chi connectivity index (χ1) is 12.4. The van der Waals surface area contributed by atoms with Gasteiger partial charge in [-0.25, -0.2) is 4.79 Å². The fourth-order valence-corrected chi connectivity index (χ4v) is 3.47. The standard InChI is InChI=1S/C19H29F3O4/c1-2-3-4-14-5-7-15(8-6-14)9-10-16-11-24-17(25-12-16)13-26-18(23)19(20,21)22/h9-10,14-17H,2-8,11-13H2,1H3. The Hall–Kier alpha value is -1.08. The number of carbonyl (C=O) groups excluding carboxylic acids is 1. The summed E-state index contributed by atoms with van der Waals surface area (Å²) in [5.41, 5.74) is 0. The average molecular weight is 378 g/mol. The minimum absolute atomic E-state index is 0.0855. The predicted octanol–water partition coefficient (Wildman–Crippen LogP) is 4.63. The first kappa shape index (κ1) is 21.2. The summed E-state index contributed by atoms with van der Waals surface area (Å²) in [4.78, 5) is 10.7. The third kappa shape index (κ3) is 7.27. The lowest BCUT2D eigenvalue weighted by molar-refractivity contribution is -0.232. The molecule has 26 heavy (non-hydrogen) atoms. The van der Waals surface area contributed by atoms with Gasteiger partial charge >= 0.3 is 12.1 Å². The Morgan fingerprint density at radius 2 is 1.69 bits per heavy atom. The molecule has 1 aliphatic heterocycles. The van der Waals surface area contributed by atoms with Gasteiger partial charge in [0.2, 0.25) is 0 Å². The van der Waals surface area contributed by atoms with E-state index in [1.807, 2.05) is 0 Å². The van der Waals surface area contributed by atoms with Crippen molar-refractivity contribution in [2.24, 2.45) is 17.8 Å². The fraction of sp³-hybridized carbons (Fsp3) is 0.842. The maximum atomic E-state index is 12.1. The molecule has 0 spiro atoms. The second kappa shape index (κ2) is 10.3. The van der Waals surface area contributed by atoms with Crippen molar-refractivity contribution in [3.8, 4) is 0 Å². The van der Waals surface area contributed by atoms with Crippen molar-refractivity contribution in [1.29, 1.82) is 0 Å². The van der Waals surface area contributed by atoms with E-state index in [-0.39, 0.29) is 5.92 Å². The Labute approximate surface area is 153 Å². The molecule has 2 aliphatic rings. The lowest BCUT2D eigenvalue weighted by Gasteiger charge is -2.29. The molecule has 2 fully saturated rings. The van der Waals surface area contributed by atoms with E-state index in [0.717, 1.165) is 5.92 Å². The maximum Gasteiger partial charge on any atom is 0.490 e. The minimum Gasteiger partial charge on any atom is -0.454 e. The Kier molecular flexibility index (Phi) is 8.41. The van der Waals surface area contributed by atoms with E-state index in [9.17, 15) is 18.0 Å². The number of hydrogen-bond donors (Lipinski definition) is 0. The molecule has 1 aliphatic carbocycles. The topological polar surface area (TPSA) is 44.8 Å². The van der Waals surface area contributed by atoms with E-state index >= 15 is 0 Å². The monoisotopic (exact) mass is 378 g/mol. The highest BCUT2D eigenvalue weighted by atomic mass is 19.4. The van der Waals surface area contributed by atoms with Gasteiger partial charge in [-0.3, -0.25) is 0 Å². The van der Waals surface area contributed by atoms with Gasteiger partial charge in [-0.15, -0.1) is 0 Å². The van der Waals surface area contributed by atoms with Crippen molar-refractivity contribution in [1.82, 2.24) is 0 Å². The quantitative estimate of drug-likeness (QED) is 0.478. The molecular weight excluding hydrogens is 349 g/mol. The molecular formula is C19H29F3O4. The van der Waals surface area contributed by atoms with Crippen molar-refractivity contribution in [2.75, 3.05) is 19.8 Å². The fourth-order valence-electron chi connectivity index (χ4n) is 3.47. The molecule has 0 unspecified atom stereocenters. The number of rotatable bonds is 7. The smallest absolute Gasteiger partial charge is 0.454 e. The molecule has 0 amide bonds. The summed E-state index contributed by atoms with van der Waals surface area (Å²) < 4.78 is 51.0. The number of esters is 1. The summed E-state index contributed by atoms with van der Waals surface area (Å²) >= 11 is 0. The van der Waals surface area contributed by atoms with Crippen LogP contribution in [0.1, 0.15) is 51.9 Å². The SMILES string of the molecule is CCCCC1CCC(C=CC2COC(COC(=O)C(F)(F)F)OC2)CC1. The number of alkyl halides is 3. The van der Waals surface area contributed by atoms with Crippen molar-refractivity contribution in [2.45, 2.75) is 64.3 Å². The average Bonchev–Trinajstić information content (AvgIpc) is 2.63. The zero-order valence-electron chi connectivity index (χ0n) is 15.3. The summed E-state index contributed by atoms with van der Waals surface area (Å²) in [6, 6.07) is 0. The van der Waals surface area contributed by atoms with Gasteiger partial charge in [0.1, 0.15) is 6.61 Å². The highest BCUT2D eigenvalue weighted by Gasteiger charge is 2.41. The van der Waals surface area contributed by atoms with Crippen LogP contribution in [0.3, 0.4) is 0 Å². The molecule has 0 bridgehead atoms. The third-order valence-corrected chi connectivity index (χ3v) is 5.09. The molecule has 4 nitrogen and oxygen atoms in total. The van der Waals surface area contributed by atoms with Crippen LogP contribution < -0.4 is 0 Å². The third-order valence-electron chi connectivity index (χ3n) is 5.09.